The SMILES string of the molecule is CCCCc1c(C(N=[N+]=[N-])(c2ccccc2)c2ccccc2)nnn1Cc1ccccc1. The van der Waals surface area contributed by atoms with Crippen molar-refractivity contribution >= 4 is 0 Å². The molecule has 0 aliphatic carbocycles. The average molecular weight is 423 g/mol. The molecule has 0 aliphatic heterocycles. The molecule has 0 aliphatic rings. The number of unbranched alkanes of at least 4 members (excludes halogenated alkanes) is 1. The van der Waals surface area contributed by atoms with E-state index in [1.807, 2.05) is 83.5 Å². The van der Waals surface area contributed by atoms with E-state index >= 15 is 0 Å². The van der Waals surface area contributed by atoms with E-state index in [1.54, 1.807) is 0 Å². The van der Waals surface area contributed by atoms with Gasteiger partial charge < -0.3 is 0 Å². The summed E-state index contributed by atoms with van der Waals surface area (Å²) in [5.41, 5.74) is 13.2. The first kappa shape index (κ1) is 21.3. The minimum Gasteiger partial charge on any atom is -0.245 e. The summed E-state index contributed by atoms with van der Waals surface area (Å²) in [6, 6.07) is 29.9. The fraction of sp³-hybridized carbons (Fsp3) is 0.231. The molecule has 4 aromatic rings. The largest absolute Gasteiger partial charge is 0.245 e. The third-order valence-electron chi connectivity index (χ3n) is 5.70. The Labute approximate surface area is 188 Å². The van der Waals surface area contributed by atoms with E-state index in [-0.39, 0.29) is 0 Å². The zero-order valence-corrected chi connectivity index (χ0v) is 18.2. The van der Waals surface area contributed by atoms with Crippen LogP contribution in [0, 0.1) is 0 Å². The molecule has 0 bridgehead atoms. The molecule has 4 rings (SSSR count). The molecule has 1 aromatic heterocycles. The van der Waals surface area contributed by atoms with Crippen LogP contribution < -0.4 is 0 Å². The highest BCUT2D eigenvalue weighted by Crippen LogP contribution is 2.41. The molecule has 0 saturated heterocycles. The summed E-state index contributed by atoms with van der Waals surface area (Å²) in [6.45, 7) is 2.78. The van der Waals surface area contributed by atoms with E-state index in [2.05, 4.69) is 39.4 Å². The van der Waals surface area contributed by atoms with Gasteiger partial charge in [-0.15, -0.1) is 5.10 Å². The van der Waals surface area contributed by atoms with Crippen LogP contribution in [0.25, 0.3) is 10.4 Å². The molecule has 1 heterocycles. The highest BCUT2D eigenvalue weighted by Gasteiger charge is 2.41. The number of azide groups is 1. The van der Waals surface area contributed by atoms with Crippen molar-refractivity contribution in [3.63, 3.8) is 0 Å². The number of hydrogen-bond donors (Lipinski definition) is 0. The smallest absolute Gasteiger partial charge is 0.145 e. The molecule has 0 radical (unpaired) electrons. The zero-order valence-electron chi connectivity index (χ0n) is 18.2. The van der Waals surface area contributed by atoms with Gasteiger partial charge in [-0.2, -0.15) is 0 Å². The molecule has 0 amide bonds. The number of aromatic nitrogens is 3. The fourth-order valence-electron chi connectivity index (χ4n) is 4.12. The summed E-state index contributed by atoms with van der Waals surface area (Å²) in [5, 5.41) is 13.6. The topological polar surface area (TPSA) is 79.5 Å². The van der Waals surface area contributed by atoms with Crippen LogP contribution in [0.2, 0.25) is 0 Å². The Bertz CT molecular complexity index is 1140. The molecule has 0 atom stereocenters. The van der Waals surface area contributed by atoms with Crippen molar-refractivity contribution in [1.29, 1.82) is 0 Å². The second kappa shape index (κ2) is 9.94. The lowest BCUT2D eigenvalue weighted by molar-refractivity contribution is 0.597. The van der Waals surface area contributed by atoms with Crippen molar-refractivity contribution in [1.82, 2.24) is 15.0 Å². The Morgan fingerprint density at radius 2 is 1.44 bits per heavy atom. The van der Waals surface area contributed by atoms with Crippen molar-refractivity contribution < 1.29 is 0 Å². The van der Waals surface area contributed by atoms with Gasteiger partial charge in [0.05, 0.1) is 12.2 Å². The molecule has 6 heteroatoms. The molecule has 0 unspecified atom stereocenters. The molecule has 160 valence electrons. The number of benzene rings is 3. The van der Waals surface area contributed by atoms with Gasteiger partial charge in [0.15, 0.2) is 0 Å². The van der Waals surface area contributed by atoms with Gasteiger partial charge in [-0.25, -0.2) is 4.68 Å². The minimum atomic E-state index is -1.10. The molecular formula is C26H26N6. The van der Waals surface area contributed by atoms with Crippen molar-refractivity contribution in [2.24, 2.45) is 5.11 Å². The number of nitrogens with zero attached hydrogens (tertiary/aromatic N) is 6. The van der Waals surface area contributed by atoms with Gasteiger partial charge in [0.25, 0.3) is 0 Å². The monoisotopic (exact) mass is 422 g/mol. The average Bonchev–Trinajstić information content (AvgIpc) is 3.25. The summed E-state index contributed by atoms with van der Waals surface area (Å²) in [4.78, 5) is 3.30. The standard InChI is InChI=1S/C26H26N6/c1-2-3-19-24-25(28-31-32(24)20-21-13-7-4-8-14-21)26(29-30-27,22-15-9-5-10-16-22)23-17-11-6-12-18-23/h4-18H,2-3,19-20H2,1H3. The highest BCUT2D eigenvalue weighted by atomic mass is 15.4. The number of rotatable bonds is 9. The molecule has 0 fully saturated rings. The lowest BCUT2D eigenvalue weighted by Gasteiger charge is -2.29. The van der Waals surface area contributed by atoms with Crippen molar-refractivity contribution in [3.05, 3.63) is 130 Å². The maximum absolute atomic E-state index is 9.70. The van der Waals surface area contributed by atoms with Crippen LogP contribution in [-0.4, -0.2) is 15.0 Å². The maximum Gasteiger partial charge on any atom is 0.145 e. The van der Waals surface area contributed by atoms with E-state index < -0.39 is 5.54 Å². The Kier molecular flexibility index (Phi) is 6.63. The summed E-state index contributed by atoms with van der Waals surface area (Å²) < 4.78 is 1.95. The van der Waals surface area contributed by atoms with Crippen molar-refractivity contribution in [2.45, 2.75) is 38.3 Å². The minimum absolute atomic E-state index is 0.614. The molecule has 0 N–H and O–H groups in total. The predicted octanol–water partition coefficient (Wildman–Crippen LogP) is 6.27. The van der Waals surface area contributed by atoms with Crippen LogP contribution in [0.15, 0.2) is 96.1 Å². The normalized spacial score (nSPS) is 11.2. The van der Waals surface area contributed by atoms with Crippen LogP contribution in [-0.2, 0) is 18.5 Å². The summed E-state index contributed by atoms with van der Waals surface area (Å²) in [6.07, 6.45) is 2.83. The van der Waals surface area contributed by atoms with Gasteiger partial charge in [0, 0.05) is 4.91 Å². The van der Waals surface area contributed by atoms with E-state index in [1.165, 1.54) is 0 Å². The second-order valence-electron chi connectivity index (χ2n) is 7.76. The zero-order chi connectivity index (χ0) is 22.2. The first-order valence-electron chi connectivity index (χ1n) is 10.9. The van der Waals surface area contributed by atoms with Crippen LogP contribution in [0.1, 0.15) is 47.8 Å². The van der Waals surface area contributed by atoms with Gasteiger partial charge in [0.2, 0.25) is 0 Å². The molecule has 0 spiro atoms. The molecule has 0 saturated carbocycles. The van der Waals surface area contributed by atoms with Gasteiger partial charge in [-0.1, -0.05) is 115 Å². The van der Waals surface area contributed by atoms with E-state index in [0.717, 1.165) is 41.6 Å². The summed E-state index contributed by atoms with van der Waals surface area (Å²) in [5.74, 6) is 0. The lowest BCUT2D eigenvalue weighted by Crippen LogP contribution is -2.29. The highest BCUT2D eigenvalue weighted by molar-refractivity contribution is 5.48. The van der Waals surface area contributed by atoms with E-state index in [0.29, 0.717) is 12.2 Å². The fourth-order valence-corrected chi connectivity index (χ4v) is 4.12. The van der Waals surface area contributed by atoms with Crippen molar-refractivity contribution in [2.75, 3.05) is 0 Å². The summed E-state index contributed by atoms with van der Waals surface area (Å²) >= 11 is 0. The van der Waals surface area contributed by atoms with E-state index in [9.17, 15) is 5.53 Å². The summed E-state index contributed by atoms with van der Waals surface area (Å²) in [7, 11) is 0. The number of hydrogen-bond acceptors (Lipinski definition) is 3. The molecule has 3 aromatic carbocycles. The third kappa shape index (κ3) is 4.13. The Morgan fingerprint density at radius 3 is 1.97 bits per heavy atom. The predicted molar refractivity (Wildman–Crippen MR) is 126 cm³/mol. The molecule has 6 nitrogen and oxygen atoms in total. The van der Waals surface area contributed by atoms with Crippen molar-refractivity contribution in [3.8, 4) is 0 Å². The molecule has 32 heavy (non-hydrogen) atoms. The third-order valence-corrected chi connectivity index (χ3v) is 5.70. The van der Waals surface area contributed by atoms with Gasteiger partial charge in [-0.05, 0) is 35.1 Å². The first-order valence-corrected chi connectivity index (χ1v) is 10.9. The van der Waals surface area contributed by atoms with Gasteiger partial charge in [-0.3, -0.25) is 0 Å². The van der Waals surface area contributed by atoms with Gasteiger partial charge >= 0.3 is 0 Å². The van der Waals surface area contributed by atoms with E-state index in [4.69, 9.17) is 0 Å². The lowest BCUT2D eigenvalue weighted by atomic mass is 9.79. The Hall–Kier alpha value is -3.89. The Morgan fingerprint density at radius 1 is 0.875 bits per heavy atom. The first-order chi connectivity index (χ1) is 15.8. The Balaban J connectivity index is 1.96. The maximum atomic E-state index is 9.70. The van der Waals surface area contributed by atoms with Crippen LogP contribution >= 0.6 is 0 Å². The second-order valence-corrected chi connectivity index (χ2v) is 7.76. The van der Waals surface area contributed by atoms with Crippen LogP contribution in [0.5, 0.6) is 0 Å². The quantitative estimate of drug-likeness (QED) is 0.181. The van der Waals surface area contributed by atoms with Crippen LogP contribution in [0.3, 0.4) is 0 Å². The van der Waals surface area contributed by atoms with Gasteiger partial charge in [0.1, 0.15) is 11.2 Å². The van der Waals surface area contributed by atoms with Crippen LogP contribution in [0.4, 0.5) is 0 Å². The molecular weight excluding hydrogens is 396 g/mol.